The summed E-state index contributed by atoms with van der Waals surface area (Å²) in [6, 6.07) is 6.87. The molecule has 0 saturated carbocycles. The largest absolute Gasteiger partial charge is 0.398 e. The number of para-hydroxylation sites is 1. The smallest absolute Gasteiger partial charge is 0.245 e. The van der Waals surface area contributed by atoms with Crippen molar-refractivity contribution in [3.05, 3.63) is 24.3 Å². The van der Waals surface area contributed by atoms with Gasteiger partial charge in [-0.3, -0.25) is 4.90 Å². The van der Waals surface area contributed by atoms with Gasteiger partial charge in [0.1, 0.15) is 4.90 Å². The van der Waals surface area contributed by atoms with Crippen molar-refractivity contribution in [3.63, 3.8) is 0 Å². The second-order valence-corrected chi connectivity index (χ2v) is 6.78. The molecule has 0 radical (unpaired) electrons. The molecule has 19 heavy (non-hydrogen) atoms. The number of sulfonamides is 1. The zero-order valence-electron chi connectivity index (χ0n) is 11.4. The molecule has 5 nitrogen and oxygen atoms in total. The van der Waals surface area contributed by atoms with E-state index in [9.17, 15) is 8.42 Å². The van der Waals surface area contributed by atoms with Crippen LogP contribution in [0.3, 0.4) is 0 Å². The molecule has 1 heterocycles. The maximum atomic E-state index is 12.6. The highest BCUT2D eigenvalue weighted by Gasteiger charge is 2.32. The van der Waals surface area contributed by atoms with Gasteiger partial charge in [-0.15, -0.1) is 0 Å². The third kappa shape index (κ3) is 2.75. The van der Waals surface area contributed by atoms with E-state index in [1.165, 1.54) is 4.31 Å². The standard InChI is InChI=1S/C13H21N3O2S/c1-3-15-8-9-16(10-11(15)2)19(17,18)13-7-5-4-6-12(13)14/h4-7,11H,3,8-10,14H2,1-2H3. The lowest BCUT2D eigenvalue weighted by atomic mass is 10.2. The van der Waals surface area contributed by atoms with Gasteiger partial charge in [-0.25, -0.2) is 8.42 Å². The van der Waals surface area contributed by atoms with Gasteiger partial charge in [-0.2, -0.15) is 4.31 Å². The molecule has 1 unspecified atom stereocenters. The molecule has 1 atom stereocenters. The van der Waals surface area contributed by atoms with E-state index in [0.717, 1.165) is 13.1 Å². The minimum absolute atomic E-state index is 0.215. The molecule has 0 aromatic heterocycles. The van der Waals surface area contributed by atoms with Gasteiger partial charge in [0.05, 0.1) is 5.69 Å². The van der Waals surface area contributed by atoms with Crippen LogP contribution in [0, 0.1) is 0 Å². The summed E-state index contributed by atoms with van der Waals surface area (Å²) in [6.45, 7) is 6.90. The second kappa shape index (κ2) is 5.48. The fourth-order valence-corrected chi connectivity index (χ4v) is 4.13. The fourth-order valence-electron chi connectivity index (χ4n) is 2.50. The van der Waals surface area contributed by atoms with Crippen LogP contribution in [-0.4, -0.2) is 49.8 Å². The molecule has 1 aliphatic heterocycles. The van der Waals surface area contributed by atoms with Crippen LogP contribution >= 0.6 is 0 Å². The summed E-state index contributed by atoms with van der Waals surface area (Å²) in [5.74, 6) is 0. The summed E-state index contributed by atoms with van der Waals surface area (Å²) >= 11 is 0. The molecule has 6 heteroatoms. The third-order valence-corrected chi connectivity index (χ3v) is 5.61. The van der Waals surface area contributed by atoms with Crippen LogP contribution < -0.4 is 5.73 Å². The molecule has 1 aromatic carbocycles. The van der Waals surface area contributed by atoms with Crippen LogP contribution in [0.1, 0.15) is 13.8 Å². The first-order chi connectivity index (χ1) is 8.96. The highest BCUT2D eigenvalue weighted by atomic mass is 32.2. The fraction of sp³-hybridized carbons (Fsp3) is 0.538. The number of hydrogen-bond acceptors (Lipinski definition) is 4. The van der Waals surface area contributed by atoms with E-state index in [0.29, 0.717) is 18.8 Å². The van der Waals surface area contributed by atoms with Crippen molar-refractivity contribution in [1.82, 2.24) is 9.21 Å². The number of likely N-dealkylation sites (N-methyl/N-ethyl adjacent to an activating group) is 1. The molecule has 1 saturated heterocycles. The summed E-state index contributed by atoms with van der Waals surface area (Å²) < 4.78 is 26.7. The van der Waals surface area contributed by atoms with Gasteiger partial charge in [0.2, 0.25) is 10.0 Å². The molecule has 106 valence electrons. The molecular weight excluding hydrogens is 262 g/mol. The molecule has 1 aliphatic rings. The van der Waals surface area contributed by atoms with Crippen LogP contribution in [0.5, 0.6) is 0 Å². The Morgan fingerprint density at radius 1 is 1.32 bits per heavy atom. The number of rotatable bonds is 3. The molecular formula is C13H21N3O2S. The van der Waals surface area contributed by atoms with E-state index in [1.54, 1.807) is 24.3 Å². The van der Waals surface area contributed by atoms with Crippen molar-refractivity contribution in [3.8, 4) is 0 Å². The Bertz CT molecular complexity index is 545. The van der Waals surface area contributed by atoms with Crippen LogP contribution in [0.4, 0.5) is 5.69 Å². The normalized spacial score (nSPS) is 22.5. The van der Waals surface area contributed by atoms with E-state index in [2.05, 4.69) is 18.7 Å². The molecule has 0 spiro atoms. The van der Waals surface area contributed by atoms with Crippen molar-refractivity contribution < 1.29 is 8.42 Å². The molecule has 0 aliphatic carbocycles. The molecule has 1 fully saturated rings. The number of nitrogens with two attached hydrogens (primary N) is 1. The summed E-state index contributed by atoms with van der Waals surface area (Å²) in [5, 5.41) is 0. The maximum absolute atomic E-state index is 12.6. The van der Waals surface area contributed by atoms with Crippen molar-refractivity contribution in [1.29, 1.82) is 0 Å². The Morgan fingerprint density at radius 3 is 2.58 bits per heavy atom. The predicted octanol–water partition coefficient (Wildman–Crippen LogP) is 0.983. The number of nitrogens with zero attached hydrogens (tertiary/aromatic N) is 2. The number of benzene rings is 1. The maximum Gasteiger partial charge on any atom is 0.245 e. The Labute approximate surface area is 115 Å². The summed E-state index contributed by atoms with van der Waals surface area (Å²) in [7, 11) is -3.48. The Kier molecular flexibility index (Phi) is 4.13. The van der Waals surface area contributed by atoms with Gasteiger partial charge < -0.3 is 5.73 Å². The first kappa shape index (κ1) is 14.3. The van der Waals surface area contributed by atoms with Crippen molar-refractivity contribution in [2.45, 2.75) is 24.8 Å². The minimum atomic E-state index is -3.48. The minimum Gasteiger partial charge on any atom is -0.398 e. The van der Waals surface area contributed by atoms with Crippen LogP contribution in [0.25, 0.3) is 0 Å². The number of hydrogen-bond donors (Lipinski definition) is 1. The molecule has 1 aromatic rings. The zero-order chi connectivity index (χ0) is 14.0. The highest BCUT2D eigenvalue weighted by Crippen LogP contribution is 2.24. The summed E-state index contributed by atoms with van der Waals surface area (Å²) in [5.41, 5.74) is 6.10. The molecule has 0 bridgehead atoms. The van der Waals surface area contributed by atoms with Gasteiger partial charge in [0, 0.05) is 25.7 Å². The van der Waals surface area contributed by atoms with E-state index in [4.69, 9.17) is 5.73 Å². The first-order valence-electron chi connectivity index (χ1n) is 6.55. The van der Waals surface area contributed by atoms with E-state index < -0.39 is 10.0 Å². The Hall–Kier alpha value is -1.11. The lowest BCUT2D eigenvalue weighted by molar-refractivity contribution is 0.135. The lowest BCUT2D eigenvalue weighted by Gasteiger charge is -2.38. The zero-order valence-corrected chi connectivity index (χ0v) is 12.2. The summed E-state index contributed by atoms with van der Waals surface area (Å²) in [4.78, 5) is 2.49. The topological polar surface area (TPSA) is 66.6 Å². The predicted molar refractivity (Wildman–Crippen MR) is 76.3 cm³/mol. The monoisotopic (exact) mass is 283 g/mol. The van der Waals surface area contributed by atoms with Gasteiger partial charge in [0.25, 0.3) is 0 Å². The van der Waals surface area contributed by atoms with Gasteiger partial charge >= 0.3 is 0 Å². The van der Waals surface area contributed by atoms with Gasteiger partial charge in [0.15, 0.2) is 0 Å². The van der Waals surface area contributed by atoms with Crippen LogP contribution in [-0.2, 0) is 10.0 Å². The quantitative estimate of drug-likeness (QED) is 0.840. The van der Waals surface area contributed by atoms with Gasteiger partial charge in [-0.1, -0.05) is 19.1 Å². The van der Waals surface area contributed by atoms with Crippen molar-refractivity contribution in [2.75, 3.05) is 31.9 Å². The average Bonchev–Trinajstić information content (AvgIpc) is 2.39. The molecule has 2 rings (SSSR count). The number of nitrogen functional groups attached to an aromatic ring is 1. The lowest BCUT2D eigenvalue weighted by Crippen LogP contribution is -2.53. The third-order valence-electron chi connectivity index (χ3n) is 3.67. The van der Waals surface area contributed by atoms with E-state index in [1.807, 2.05) is 0 Å². The SMILES string of the molecule is CCN1CCN(S(=O)(=O)c2ccccc2N)CC1C. The summed E-state index contributed by atoms with van der Waals surface area (Å²) in [6.07, 6.45) is 0. The van der Waals surface area contributed by atoms with E-state index >= 15 is 0 Å². The number of anilines is 1. The van der Waals surface area contributed by atoms with E-state index in [-0.39, 0.29) is 10.9 Å². The van der Waals surface area contributed by atoms with Crippen molar-refractivity contribution in [2.24, 2.45) is 0 Å². The van der Waals surface area contributed by atoms with Crippen LogP contribution in [0.2, 0.25) is 0 Å². The Morgan fingerprint density at radius 2 is 2.00 bits per heavy atom. The molecule has 2 N–H and O–H groups in total. The Balaban J connectivity index is 2.25. The van der Waals surface area contributed by atoms with Gasteiger partial charge in [-0.05, 0) is 25.6 Å². The average molecular weight is 283 g/mol. The highest BCUT2D eigenvalue weighted by molar-refractivity contribution is 7.89. The number of piperazine rings is 1. The first-order valence-corrected chi connectivity index (χ1v) is 7.99. The molecule has 0 amide bonds. The second-order valence-electron chi connectivity index (χ2n) is 4.88. The van der Waals surface area contributed by atoms with Crippen molar-refractivity contribution >= 4 is 15.7 Å². The van der Waals surface area contributed by atoms with Crippen LogP contribution in [0.15, 0.2) is 29.2 Å².